The van der Waals surface area contributed by atoms with E-state index in [2.05, 4.69) is 38.1 Å². The smallest absolute Gasteiger partial charge is 0.226 e. The zero-order valence-electron chi connectivity index (χ0n) is 17.2. The first-order chi connectivity index (χ1) is 15.2. The zero-order chi connectivity index (χ0) is 21.6. The number of nitrogens with zero attached hydrogens (tertiary/aromatic N) is 2. The molecule has 0 fully saturated rings. The number of carbonyl (C=O) groups excluding carboxylic acids is 1. The molecule has 0 spiro atoms. The number of anilines is 2. The van der Waals surface area contributed by atoms with E-state index < -0.39 is 0 Å². The van der Waals surface area contributed by atoms with Crippen molar-refractivity contribution in [2.45, 2.75) is 6.42 Å². The Bertz CT molecular complexity index is 1190. The maximum atomic E-state index is 12.5. The van der Waals surface area contributed by atoms with Crippen molar-refractivity contribution in [3.63, 3.8) is 0 Å². The van der Waals surface area contributed by atoms with E-state index in [0.29, 0.717) is 23.7 Å². The fraction of sp³-hybridized carbons (Fsp3) is 0.174. The number of aromatic nitrogens is 2. The Morgan fingerprint density at radius 2 is 1.90 bits per heavy atom. The Balaban J connectivity index is 1.44. The van der Waals surface area contributed by atoms with Crippen molar-refractivity contribution in [1.82, 2.24) is 9.97 Å². The molecule has 4 rings (SSSR count). The van der Waals surface area contributed by atoms with Gasteiger partial charge in [-0.25, -0.2) is 9.97 Å². The summed E-state index contributed by atoms with van der Waals surface area (Å²) in [7, 11) is 3.14. The summed E-state index contributed by atoms with van der Waals surface area (Å²) in [5, 5.41) is 9.22. The predicted molar refractivity (Wildman–Crippen MR) is 124 cm³/mol. The molecule has 0 saturated heterocycles. The molecule has 0 bridgehead atoms. The van der Waals surface area contributed by atoms with Gasteiger partial charge in [0.2, 0.25) is 5.91 Å². The van der Waals surface area contributed by atoms with E-state index in [1.807, 2.05) is 18.2 Å². The van der Waals surface area contributed by atoms with Gasteiger partial charge in [0.15, 0.2) is 0 Å². The Morgan fingerprint density at radius 3 is 2.68 bits per heavy atom. The Labute approximate surface area is 184 Å². The second-order valence-corrected chi connectivity index (χ2v) is 7.57. The third-order valence-electron chi connectivity index (χ3n) is 4.78. The van der Waals surface area contributed by atoms with Crippen LogP contribution < -0.4 is 20.1 Å². The Kier molecular flexibility index (Phi) is 6.28. The topological polar surface area (TPSA) is 85.4 Å². The number of benzene rings is 2. The summed E-state index contributed by atoms with van der Waals surface area (Å²) in [6.45, 7) is 0.431. The van der Waals surface area contributed by atoms with Gasteiger partial charge in [0.1, 0.15) is 28.5 Å². The number of fused-ring (bicyclic) bond motifs is 1. The number of ether oxygens (including phenoxy) is 2. The van der Waals surface area contributed by atoms with Gasteiger partial charge in [-0.3, -0.25) is 4.79 Å². The van der Waals surface area contributed by atoms with Gasteiger partial charge in [0, 0.05) is 30.0 Å². The minimum absolute atomic E-state index is 0.130. The first-order valence-electron chi connectivity index (χ1n) is 9.73. The highest BCUT2D eigenvalue weighted by Crippen LogP contribution is 2.36. The minimum Gasteiger partial charge on any atom is -0.497 e. The summed E-state index contributed by atoms with van der Waals surface area (Å²) in [5.74, 6) is 1.80. The number of amides is 1. The van der Waals surface area contributed by atoms with Crippen LogP contribution in [0.1, 0.15) is 6.42 Å². The number of nitrogens with one attached hydrogen (secondary N) is 2. The van der Waals surface area contributed by atoms with Gasteiger partial charge < -0.3 is 20.1 Å². The maximum absolute atomic E-state index is 12.5. The number of hydrogen-bond donors (Lipinski definition) is 2. The van der Waals surface area contributed by atoms with E-state index in [1.54, 1.807) is 43.8 Å². The van der Waals surface area contributed by atoms with E-state index in [9.17, 15) is 4.79 Å². The van der Waals surface area contributed by atoms with Crippen molar-refractivity contribution in [2.75, 3.05) is 31.4 Å². The van der Waals surface area contributed by atoms with Crippen molar-refractivity contribution in [3.05, 3.63) is 60.2 Å². The fourth-order valence-corrected chi connectivity index (χ4v) is 4.16. The SMILES string of the molecule is COc1ccc(NC(=O)CCNc2ncnc3scc(-c4ccccc4)c23)c(OC)c1. The maximum Gasteiger partial charge on any atom is 0.226 e. The van der Waals surface area contributed by atoms with Gasteiger partial charge in [0.25, 0.3) is 0 Å². The highest BCUT2D eigenvalue weighted by molar-refractivity contribution is 7.17. The second kappa shape index (κ2) is 9.44. The van der Waals surface area contributed by atoms with Crippen LogP contribution >= 0.6 is 11.3 Å². The number of carbonyl (C=O) groups is 1. The number of hydrogen-bond acceptors (Lipinski definition) is 7. The molecule has 0 atom stereocenters. The molecule has 0 aliphatic carbocycles. The lowest BCUT2D eigenvalue weighted by atomic mass is 10.1. The van der Waals surface area contributed by atoms with Crippen LogP contribution in [0.2, 0.25) is 0 Å². The van der Waals surface area contributed by atoms with Crippen LogP contribution in [0.5, 0.6) is 11.5 Å². The fourth-order valence-electron chi connectivity index (χ4n) is 3.25. The molecule has 0 aliphatic heterocycles. The van der Waals surface area contributed by atoms with Crippen molar-refractivity contribution in [1.29, 1.82) is 0 Å². The lowest BCUT2D eigenvalue weighted by Crippen LogP contribution is -2.17. The molecular formula is C23H22N4O3S. The number of thiophene rings is 1. The molecule has 158 valence electrons. The van der Waals surface area contributed by atoms with E-state index in [1.165, 1.54) is 6.33 Å². The molecule has 0 unspecified atom stereocenters. The molecule has 0 saturated carbocycles. The number of rotatable bonds is 8. The van der Waals surface area contributed by atoms with Gasteiger partial charge in [0.05, 0.1) is 25.3 Å². The highest BCUT2D eigenvalue weighted by Gasteiger charge is 2.14. The van der Waals surface area contributed by atoms with Gasteiger partial charge in [-0.1, -0.05) is 30.3 Å². The first-order valence-corrected chi connectivity index (χ1v) is 10.6. The van der Waals surface area contributed by atoms with E-state index in [-0.39, 0.29) is 12.3 Å². The van der Waals surface area contributed by atoms with Crippen LogP contribution in [-0.4, -0.2) is 36.6 Å². The summed E-state index contributed by atoms with van der Waals surface area (Å²) < 4.78 is 10.5. The summed E-state index contributed by atoms with van der Waals surface area (Å²) in [4.78, 5) is 22.2. The molecule has 1 amide bonds. The molecule has 2 aromatic carbocycles. The molecule has 8 heteroatoms. The van der Waals surface area contributed by atoms with Crippen molar-refractivity contribution < 1.29 is 14.3 Å². The monoisotopic (exact) mass is 434 g/mol. The molecule has 4 aromatic rings. The van der Waals surface area contributed by atoms with E-state index in [4.69, 9.17) is 9.47 Å². The average molecular weight is 435 g/mol. The molecular weight excluding hydrogens is 412 g/mol. The quantitative estimate of drug-likeness (QED) is 0.414. The number of methoxy groups -OCH3 is 2. The third-order valence-corrected chi connectivity index (χ3v) is 5.67. The van der Waals surface area contributed by atoms with Crippen molar-refractivity contribution in [2.24, 2.45) is 0 Å². The first kappa shape index (κ1) is 20.6. The van der Waals surface area contributed by atoms with E-state index in [0.717, 1.165) is 27.2 Å². The largest absolute Gasteiger partial charge is 0.497 e. The van der Waals surface area contributed by atoms with Gasteiger partial charge in [-0.15, -0.1) is 11.3 Å². The van der Waals surface area contributed by atoms with Crippen molar-refractivity contribution >= 4 is 39.0 Å². The summed E-state index contributed by atoms with van der Waals surface area (Å²) in [5.41, 5.74) is 2.79. The molecule has 0 aliphatic rings. The molecule has 2 N–H and O–H groups in total. The lowest BCUT2D eigenvalue weighted by molar-refractivity contribution is -0.116. The minimum atomic E-state index is -0.130. The van der Waals surface area contributed by atoms with Crippen LogP contribution in [0.15, 0.2) is 60.2 Å². The molecule has 2 heterocycles. The summed E-state index contributed by atoms with van der Waals surface area (Å²) in [6.07, 6.45) is 1.81. The molecule has 2 aromatic heterocycles. The summed E-state index contributed by atoms with van der Waals surface area (Å²) in [6, 6.07) is 15.4. The second-order valence-electron chi connectivity index (χ2n) is 6.71. The third kappa shape index (κ3) is 4.59. The molecule has 0 radical (unpaired) electrons. The van der Waals surface area contributed by atoms with Gasteiger partial charge in [-0.2, -0.15) is 0 Å². The Hall–Kier alpha value is -3.65. The lowest BCUT2D eigenvalue weighted by Gasteiger charge is -2.12. The van der Waals surface area contributed by atoms with Crippen LogP contribution in [-0.2, 0) is 4.79 Å². The predicted octanol–water partition coefficient (Wildman–Crippen LogP) is 4.82. The molecule has 7 nitrogen and oxygen atoms in total. The van der Waals surface area contributed by atoms with Crippen LogP contribution in [0.3, 0.4) is 0 Å². The Morgan fingerprint density at radius 1 is 1.06 bits per heavy atom. The zero-order valence-corrected chi connectivity index (χ0v) is 18.0. The standard InChI is InChI=1S/C23H22N4O3S/c1-29-16-8-9-18(19(12-16)30-2)27-20(28)10-11-24-22-21-17(15-6-4-3-5-7-15)13-31-23(21)26-14-25-22/h3-9,12-14H,10-11H2,1-2H3,(H,27,28)(H,24,25,26). The normalized spacial score (nSPS) is 10.6. The van der Waals surface area contributed by atoms with Gasteiger partial charge in [-0.05, 0) is 17.7 Å². The average Bonchev–Trinajstić information content (AvgIpc) is 3.25. The van der Waals surface area contributed by atoms with Crippen LogP contribution in [0.4, 0.5) is 11.5 Å². The van der Waals surface area contributed by atoms with Crippen LogP contribution in [0, 0.1) is 0 Å². The van der Waals surface area contributed by atoms with Crippen molar-refractivity contribution in [3.8, 4) is 22.6 Å². The summed E-state index contributed by atoms with van der Waals surface area (Å²) >= 11 is 1.58. The highest BCUT2D eigenvalue weighted by atomic mass is 32.1. The van der Waals surface area contributed by atoms with Crippen LogP contribution in [0.25, 0.3) is 21.3 Å². The molecule has 31 heavy (non-hydrogen) atoms. The van der Waals surface area contributed by atoms with E-state index >= 15 is 0 Å². The van der Waals surface area contributed by atoms with Gasteiger partial charge >= 0.3 is 0 Å².